The summed E-state index contributed by atoms with van der Waals surface area (Å²) in [7, 11) is 1.42. The number of unbranched alkanes of at least 4 members (excludes halogenated alkanes) is 2. The zero-order chi connectivity index (χ0) is 11.6. The predicted molar refractivity (Wildman–Crippen MR) is 62.4 cm³/mol. The average Bonchev–Trinajstić information content (AvgIpc) is 2.34. The molecule has 88 valence electrons. The van der Waals surface area contributed by atoms with Crippen molar-refractivity contribution in [3.8, 4) is 5.75 Å². The predicted octanol–water partition coefficient (Wildman–Crippen LogP) is 2.80. The lowest BCUT2D eigenvalue weighted by atomic mass is 10.2. The van der Waals surface area contributed by atoms with Crippen molar-refractivity contribution in [1.82, 2.24) is 0 Å². The lowest BCUT2D eigenvalue weighted by molar-refractivity contribution is -0.140. The molecule has 1 aromatic rings. The molecule has 0 atom stereocenters. The van der Waals surface area contributed by atoms with Gasteiger partial charge in [0.1, 0.15) is 5.75 Å². The Morgan fingerprint density at radius 1 is 1.12 bits per heavy atom. The first kappa shape index (κ1) is 12.6. The van der Waals surface area contributed by atoms with E-state index in [1.54, 1.807) is 0 Å². The molecule has 0 radical (unpaired) electrons. The van der Waals surface area contributed by atoms with E-state index in [0.717, 1.165) is 25.0 Å². The van der Waals surface area contributed by atoms with Crippen LogP contribution in [0.5, 0.6) is 5.75 Å². The highest BCUT2D eigenvalue weighted by Crippen LogP contribution is 2.09. The van der Waals surface area contributed by atoms with Gasteiger partial charge in [0.25, 0.3) is 0 Å². The zero-order valence-corrected chi connectivity index (χ0v) is 9.65. The van der Waals surface area contributed by atoms with Crippen LogP contribution in [0.3, 0.4) is 0 Å². The van der Waals surface area contributed by atoms with Crippen molar-refractivity contribution in [1.29, 1.82) is 0 Å². The standard InChI is InChI=1S/C13H18O3/c1-15-13(14)10-6-3-7-11-16-12-8-4-2-5-9-12/h2,4-5,8-9H,3,6-7,10-11H2,1H3. The smallest absolute Gasteiger partial charge is 0.305 e. The molecule has 16 heavy (non-hydrogen) atoms. The van der Waals surface area contributed by atoms with E-state index in [-0.39, 0.29) is 5.97 Å². The number of benzene rings is 1. The van der Waals surface area contributed by atoms with Crippen LogP contribution in [0.2, 0.25) is 0 Å². The first-order valence-corrected chi connectivity index (χ1v) is 5.57. The average molecular weight is 222 g/mol. The van der Waals surface area contributed by atoms with Crippen molar-refractivity contribution in [3.05, 3.63) is 30.3 Å². The second kappa shape index (κ2) is 7.74. The van der Waals surface area contributed by atoms with Gasteiger partial charge in [0.15, 0.2) is 0 Å². The highest BCUT2D eigenvalue weighted by atomic mass is 16.5. The van der Waals surface area contributed by atoms with Crippen LogP contribution >= 0.6 is 0 Å². The van der Waals surface area contributed by atoms with E-state index in [9.17, 15) is 4.79 Å². The molecule has 1 aromatic carbocycles. The lowest BCUT2D eigenvalue weighted by Gasteiger charge is -2.05. The third-order valence-corrected chi connectivity index (χ3v) is 2.26. The molecule has 0 aliphatic rings. The number of hydrogen-bond acceptors (Lipinski definition) is 3. The number of methoxy groups -OCH3 is 1. The minimum absolute atomic E-state index is 0.135. The SMILES string of the molecule is COC(=O)CCCCCOc1ccccc1. The van der Waals surface area contributed by atoms with Gasteiger partial charge >= 0.3 is 5.97 Å². The molecule has 0 amide bonds. The molecule has 0 aromatic heterocycles. The third-order valence-electron chi connectivity index (χ3n) is 2.26. The van der Waals surface area contributed by atoms with Gasteiger partial charge in [-0.25, -0.2) is 0 Å². The molecular weight excluding hydrogens is 204 g/mol. The molecule has 0 aliphatic heterocycles. The van der Waals surface area contributed by atoms with Gasteiger partial charge < -0.3 is 9.47 Å². The summed E-state index contributed by atoms with van der Waals surface area (Å²) in [5.74, 6) is 0.763. The monoisotopic (exact) mass is 222 g/mol. The van der Waals surface area contributed by atoms with Crippen molar-refractivity contribution in [2.45, 2.75) is 25.7 Å². The minimum atomic E-state index is -0.135. The Labute approximate surface area is 96.4 Å². The molecule has 0 unspecified atom stereocenters. The summed E-state index contributed by atoms with van der Waals surface area (Å²) in [6.07, 6.45) is 3.32. The van der Waals surface area contributed by atoms with Gasteiger partial charge in [0, 0.05) is 6.42 Å². The van der Waals surface area contributed by atoms with Crippen LogP contribution in [0.4, 0.5) is 0 Å². The van der Waals surface area contributed by atoms with Crippen molar-refractivity contribution >= 4 is 5.97 Å². The molecule has 0 saturated carbocycles. The van der Waals surface area contributed by atoms with Crippen molar-refractivity contribution < 1.29 is 14.3 Å². The van der Waals surface area contributed by atoms with E-state index in [4.69, 9.17) is 4.74 Å². The summed E-state index contributed by atoms with van der Waals surface area (Å²) in [4.78, 5) is 10.8. The van der Waals surface area contributed by atoms with Crippen LogP contribution in [0, 0.1) is 0 Å². The summed E-state index contributed by atoms with van der Waals surface area (Å²) < 4.78 is 10.1. The topological polar surface area (TPSA) is 35.5 Å². The van der Waals surface area contributed by atoms with Gasteiger partial charge in [-0.3, -0.25) is 4.79 Å². The Hall–Kier alpha value is -1.51. The van der Waals surface area contributed by atoms with Gasteiger partial charge in [0.05, 0.1) is 13.7 Å². The number of ether oxygens (including phenoxy) is 2. The van der Waals surface area contributed by atoms with Crippen LogP contribution in [-0.2, 0) is 9.53 Å². The first-order chi connectivity index (χ1) is 7.83. The van der Waals surface area contributed by atoms with Crippen molar-refractivity contribution in [2.24, 2.45) is 0 Å². The highest BCUT2D eigenvalue weighted by molar-refractivity contribution is 5.68. The van der Waals surface area contributed by atoms with Crippen LogP contribution in [0.25, 0.3) is 0 Å². The van der Waals surface area contributed by atoms with Crippen LogP contribution in [0.15, 0.2) is 30.3 Å². The Morgan fingerprint density at radius 3 is 2.56 bits per heavy atom. The van der Waals surface area contributed by atoms with E-state index >= 15 is 0 Å². The molecule has 0 saturated heterocycles. The maximum absolute atomic E-state index is 10.8. The van der Waals surface area contributed by atoms with Gasteiger partial charge in [-0.05, 0) is 31.4 Å². The van der Waals surface area contributed by atoms with E-state index in [1.807, 2.05) is 30.3 Å². The molecule has 0 spiro atoms. The fourth-order valence-corrected chi connectivity index (χ4v) is 1.36. The van der Waals surface area contributed by atoms with Gasteiger partial charge in [0.2, 0.25) is 0 Å². The molecule has 1 rings (SSSR count). The molecule has 0 bridgehead atoms. The highest BCUT2D eigenvalue weighted by Gasteiger charge is 1.99. The maximum Gasteiger partial charge on any atom is 0.305 e. The van der Waals surface area contributed by atoms with E-state index < -0.39 is 0 Å². The number of carbonyl (C=O) groups is 1. The van der Waals surface area contributed by atoms with Gasteiger partial charge in [-0.1, -0.05) is 18.2 Å². The molecule has 0 N–H and O–H groups in total. The second-order valence-corrected chi connectivity index (χ2v) is 3.55. The van der Waals surface area contributed by atoms with Crippen molar-refractivity contribution in [3.63, 3.8) is 0 Å². The second-order valence-electron chi connectivity index (χ2n) is 3.55. The summed E-state index contributed by atoms with van der Waals surface area (Å²) in [6.45, 7) is 0.700. The summed E-state index contributed by atoms with van der Waals surface area (Å²) in [6, 6.07) is 9.74. The van der Waals surface area contributed by atoms with E-state index in [1.165, 1.54) is 7.11 Å². The van der Waals surface area contributed by atoms with Gasteiger partial charge in [-0.15, -0.1) is 0 Å². The number of para-hydroxylation sites is 1. The normalized spacial score (nSPS) is 9.81. The number of hydrogen-bond donors (Lipinski definition) is 0. The molecule has 3 heteroatoms. The lowest BCUT2D eigenvalue weighted by Crippen LogP contribution is -2.01. The number of rotatable bonds is 7. The zero-order valence-electron chi connectivity index (χ0n) is 9.65. The van der Waals surface area contributed by atoms with Crippen LogP contribution in [0.1, 0.15) is 25.7 Å². The largest absolute Gasteiger partial charge is 0.494 e. The third kappa shape index (κ3) is 5.39. The fourth-order valence-electron chi connectivity index (χ4n) is 1.36. The maximum atomic E-state index is 10.8. The summed E-state index contributed by atoms with van der Waals surface area (Å²) in [5.41, 5.74) is 0. The number of esters is 1. The van der Waals surface area contributed by atoms with Gasteiger partial charge in [-0.2, -0.15) is 0 Å². The van der Waals surface area contributed by atoms with E-state index in [0.29, 0.717) is 13.0 Å². The minimum Gasteiger partial charge on any atom is -0.494 e. The summed E-state index contributed by atoms with van der Waals surface area (Å²) in [5, 5.41) is 0. The Kier molecular flexibility index (Phi) is 6.07. The van der Waals surface area contributed by atoms with E-state index in [2.05, 4.69) is 4.74 Å². The molecule has 0 fully saturated rings. The quantitative estimate of drug-likeness (QED) is 0.525. The van der Waals surface area contributed by atoms with Crippen LogP contribution < -0.4 is 4.74 Å². The van der Waals surface area contributed by atoms with Crippen LogP contribution in [-0.4, -0.2) is 19.7 Å². The molecular formula is C13H18O3. The molecule has 0 heterocycles. The Bertz CT molecular complexity index is 295. The number of carbonyl (C=O) groups excluding carboxylic acids is 1. The first-order valence-electron chi connectivity index (χ1n) is 5.57. The molecule has 3 nitrogen and oxygen atoms in total. The summed E-state index contributed by atoms with van der Waals surface area (Å²) >= 11 is 0. The Balaban J connectivity index is 1.98. The fraction of sp³-hybridized carbons (Fsp3) is 0.462. The Morgan fingerprint density at radius 2 is 1.88 bits per heavy atom. The molecule has 0 aliphatic carbocycles. The van der Waals surface area contributed by atoms with Crippen molar-refractivity contribution in [2.75, 3.05) is 13.7 Å².